The summed E-state index contributed by atoms with van der Waals surface area (Å²) >= 11 is 0. The van der Waals surface area contributed by atoms with Crippen LogP contribution in [0.15, 0.2) is 0 Å². The number of hydrogen-bond donors (Lipinski definition) is 1. The van der Waals surface area contributed by atoms with E-state index in [4.69, 9.17) is 9.47 Å². The van der Waals surface area contributed by atoms with Gasteiger partial charge in [0.15, 0.2) is 0 Å². The second-order valence-corrected chi connectivity index (χ2v) is 3.88. The minimum atomic E-state index is 0.816. The van der Waals surface area contributed by atoms with E-state index in [0.29, 0.717) is 0 Å². The first-order valence-electron chi connectivity index (χ1n) is 5.79. The molecule has 0 unspecified atom stereocenters. The fourth-order valence-electron chi connectivity index (χ4n) is 1.19. The molecule has 84 valence electrons. The molecule has 3 nitrogen and oxygen atoms in total. The van der Waals surface area contributed by atoms with Crippen LogP contribution >= 0.6 is 0 Å². The molecule has 0 aromatic carbocycles. The fourth-order valence-corrected chi connectivity index (χ4v) is 1.19. The van der Waals surface area contributed by atoms with Crippen LogP contribution in [-0.2, 0) is 9.47 Å². The zero-order chi connectivity index (χ0) is 10.1. The lowest BCUT2D eigenvalue weighted by Gasteiger charge is -2.05. The summed E-state index contributed by atoms with van der Waals surface area (Å²) < 4.78 is 10.8. The predicted octanol–water partition coefficient (Wildman–Crippen LogP) is 1.43. The zero-order valence-electron chi connectivity index (χ0n) is 9.26. The van der Waals surface area contributed by atoms with Gasteiger partial charge < -0.3 is 14.8 Å². The van der Waals surface area contributed by atoms with Gasteiger partial charge in [-0.3, -0.25) is 0 Å². The number of ether oxygens (including phenoxy) is 2. The summed E-state index contributed by atoms with van der Waals surface area (Å²) in [5.41, 5.74) is 0. The first-order chi connectivity index (χ1) is 6.93. The van der Waals surface area contributed by atoms with Crippen molar-refractivity contribution < 1.29 is 9.47 Å². The van der Waals surface area contributed by atoms with Crippen LogP contribution in [-0.4, -0.2) is 39.5 Å². The van der Waals surface area contributed by atoms with Crippen molar-refractivity contribution in [3.63, 3.8) is 0 Å². The highest BCUT2D eigenvalue weighted by atomic mass is 16.5. The van der Waals surface area contributed by atoms with Crippen LogP contribution in [0.1, 0.15) is 26.2 Å². The van der Waals surface area contributed by atoms with Gasteiger partial charge in [-0.15, -0.1) is 0 Å². The summed E-state index contributed by atoms with van der Waals surface area (Å²) in [7, 11) is 0. The summed E-state index contributed by atoms with van der Waals surface area (Å²) in [6.07, 6.45) is 3.85. The monoisotopic (exact) mass is 201 g/mol. The van der Waals surface area contributed by atoms with Crippen molar-refractivity contribution in [1.82, 2.24) is 5.32 Å². The number of rotatable bonds is 10. The van der Waals surface area contributed by atoms with E-state index in [9.17, 15) is 0 Å². The Balaban J connectivity index is 1.63. The maximum absolute atomic E-state index is 5.48. The van der Waals surface area contributed by atoms with Gasteiger partial charge in [-0.05, 0) is 25.2 Å². The van der Waals surface area contributed by atoms with Crippen LogP contribution in [0.4, 0.5) is 0 Å². The van der Waals surface area contributed by atoms with Crippen molar-refractivity contribution in [2.45, 2.75) is 26.2 Å². The highest BCUT2D eigenvalue weighted by Gasteiger charge is 2.20. The van der Waals surface area contributed by atoms with E-state index in [2.05, 4.69) is 12.2 Å². The van der Waals surface area contributed by atoms with Gasteiger partial charge in [-0.25, -0.2) is 0 Å². The zero-order valence-corrected chi connectivity index (χ0v) is 9.26. The lowest BCUT2D eigenvalue weighted by molar-refractivity contribution is 0.116. The van der Waals surface area contributed by atoms with Gasteiger partial charge in [-0.1, -0.05) is 6.92 Å². The molecule has 14 heavy (non-hydrogen) atoms. The summed E-state index contributed by atoms with van der Waals surface area (Å²) in [4.78, 5) is 0. The Kier molecular flexibility index (Phi) is 7.01. The normalized spacial score (nSPS) is 16.1. The Morgan fingerprint density at radius 3 is 2.43 bits per heavy atom. The number of hydrogen-bond acceptors (Lipinski definition) is 3. The van der Waals surface area contributed by atoms with Crippen molar-refractivity contribution in [1.29, 1.82) is 0 Å². The van der Waals surface area contributed by atoms with Crippen molar-refractivity contribution in [2.24, 2.45) is 5.92 Å². The van der Waals surface area contributed by atoms with Gasteiger partial charge in [0, 0.05) is 26.3 Å². The summed E-state index contributed by atoms with van der Waals surface area (Å²) in [5, 5.41) is 3.29. The molecule has 0 saturated heterocycles. The SMILES string of the molecule is CCCOCCNCCOCC1CC1. The van der Waals surface area contributed by atoms with E-state index in [1.807, 2.05) is 0 Å². The minimum absolute atomic E-state index is 0.816. The first-order valence-corrected chi connectivity index (χ1v) is 5.79. The Bertz CT molecular complexity index is 126. The Hall–Kier alpha value is -0.120. The fraction of sp³-hybridized carbons (Fsp3) is 1.00. The second kappa shape index (κ2) is 8.21. The van der Waals surface area contributed by atoms with E-state index >= 15 is 0 Å². The van der Waals surface area contributed by atoms with Gasteiger partial charge in [0.25, 0.3) is 0 Å². The van der Waals surface area contributed by atoms with Crippen LogP contribution < -0.4 is 5.32 Å². The maximum Gasteiger partial charge on any atom is 0.0591 e. The molecule has 0 bridgehead atoms. The molecular formula is C11H23NO2. The summed E-state index contributed by atoms with van der Waals surface area (Å²) in [5.74, 6) is 0.878. The highest BCUT2D eigenvalue weighted by Crippen LogP contribution is 2.28. The van der Waals surface area contributed by atoms with Gasteiger partial charge in [0.2, 0.25) is 0 Å². The van der Waals surface area contributed by atoms with E-state index < -0.39 is 0 Å². The quantitative estimate of drug-likeness (QED) is 0.542. The van der Waals surface area contributed by atoms with Crippen LogP contribution in [0.2, 0.25) is 0 Å². The molecule has 0 aromatic heterocycles. The van der Waals surface area contributed by atoms with Gasteiger partial charge in [0.05, 0.1) is 13.2 Å². The summed E-state index contributed by atoms with van der Waals surface area (Å²) in [6.45, 7) is 7.50. The molecule has 0 aromatic rings. The smallest absolute Gasteiger partial charge is 0.0591 e. The molecule has 0 radical (unpaired) electrons. The van der Waals surface area contributed by atoms with Gasteiger partial charge in [-0.2, -0.15) is 0 Å². The maximum atomic E-state index is 5.48. The molecule has 0 heterocycles. The molecule has 1 fully saturated rings. The van der Waals surface area contributed by atoms with Crippen molar-refractivity contribution >= 4 is 0 Å². The highest BCUT2D eigenvalue weighted by molar-refractivity contribution is 4.71. The molecule has 3 heteroatoms. The molecule has 1 saturated carbocycles. The second-order valence-electron chi connectivity index (χ2n) is 3.88. The van der Waals surface area contributed by atoms with Gasteiger partial charge >= 0.3 is 0 Å². The third-order valence-corrected chi connectivity index (χ3v) is 2.25. The molecular weight excluding hydrogens is 178 g/mol. The molecule has 1 aliphatic rings. The lowest BCUT2D eigenvalue weighted by atomic mass is 10.5. The Morgan fingerprint density at radius 2 is 1.79 bits per heavy atom. The third-order valence-electron chi connectivity index (χ3n) is 2.25. The van der Waals surface area contributed by atoms with Crippen LogP contribution in [0.3, 0.4) is 0 Å². The summed E-state index contributed by atoms with van der Waals surface area (Å²) in [6, 6.07) is 0. The van der Waals surface area contributed by atoms with E-state index in [1.54, 1.807) is 0 Å². The minimum Gasteiger partial charge on any atom is -0.380 e. The molecule has 1 aliphatic carbocycles. The molecule has 0 atom stereocenters. The van der Waals surface area contributed by atoms with Crippen LogP contribution in [0, 0.1) is 5.92 Å². The third kappa shape index (κ3) is 7.30. The van der Waals surface area contributed by atoms with Gasteiger partial charge in [0.1, 0.15) is 0 Å². The average molecular weight is 201 g/mol. The molecule has 0 spiro atoms. The standard InChI is InChI=1S/C11H23NO2/c1-2-7-13-8-5-12-6-9-14-10-11-3-4-11/h11-12H,2-10H2,1H3. The molecule has 0 aliphatic heterocycles. The molecule has 1 N–H and O–H groups in total. The van der Waals surface area contributed by atoms with Crippen molar-refractivity contribution in [3.8, 4) is 0 Å². The van der Waals surface area contributed by atoms with E-state index in [0.717, 1.165) is 51.9 Å². The van der Waals surface area contributed by atoms with Crippen molar-refractivity contribution in [3.05, 3.63) is 0 Å². The topological polar surface area (TPSA) is 30.5 Å². The van der Waals surface area contributed by atoms with E-state index in [-0.39, 0.29) is 0 Å². The largest absolute Gasteiger partial charge is 0.380 e. The molecule has 0 amide bonds. The Labute approximate surface area is 87.2 Å². The van der Waals surface area contributed by atoms with Crippen LogP contribution in [0.5, 0.6) is 0 Å². The average Bonchev–Trinajstić information content (AvgIpc) is 2.99. The molecule has 1 rings (SSSR count). The lowest BCUT2D eigenvalue weighted by Crippen LogP contribution is -2.24. The first kappa shape index (κ1) is 12.0. The van der Waals surface area contributed by atoms with Crippen molar-refractivity contribution in [2.75, 3.05) is 39.5 Å². The Morgan fingerprint density at radius 1 is 1.07 bits per heavy atom. The van der Waals surface area contributed by atoms with E-state index in [1.165, 1.54) is 12.8 Å². The predicted molar refractivity (Wildman–Crippen MR) is 57.5 cm³/mol. The van der Waals surface area contributed by atoms with Crippen LogP contribution in [0.25, 0.3) is 0 Å². The number of nitrogens with one attached hydrogen (secondary N) is 1.